The highest BCUT2D eigenvalue weighted by Gasteiger charge is 2.20. The fourth-order valence-electron chi connectivity index (χ4n) is 2.69. The summed E-state index contributed by atoms with van der Waals surface area (Å²) in [6, 6.07) is 5.84. The number of hydrogen-bond donors (Lipinski definition) is 0. The summed E-state index contributed by atoms with van der Waals surface area (Å²) < 4.78 is 5.47. The van der Waals surface area contributed by atoms with Gasteiger partial charge in [0.25, 0.3) is 0 Å². The maximum Gasteiger partial charge on any atom is 0.176 e. The molecule has 0 N–H and O–H groups in total. The molecule has 1 atom stereocenters. The van der Waals surface area contributed by atoms with Crippen molar-refractivity contribution in [2.45, 2.75) is 18.6 Å². The zero-order valence-electron chi connectivity index (χ0n) is 11.2. The van der Waals surface area contributed by atoms with E-state index in [2.05, 4.69) is 11.8 Å². The van der Waals surface area contributed by atoms with E-state index in [1.165, 1.54) is 5.56 Å². The van der Waals surface area contributed by atoms with Gasteiger partial charge >= 0.3 is 0 Å². The van der Waals surface area contributed by atoms with Crippen molar-refractivity contribution in [3.63, 3.8) is 0 Å². The zero-order valence-corrected chi connectivity index (χ0v) is 12.0. The van der Waals surface area contributed by atoms with Gasteiger partial charge in [0.2, 0.25) is 0 Å². The number of carbonyl (C=O) groups excluding carboxylic acids is 1. The molecule has 2 aliphatic rings. The summed E-state index contributed by atoms with van der Waals surface area (Å²) in [4.78, 5) is 14.6. The number of hydrogen-bond acceptors (Lipinski definition) is 4. The minimum Gasteiger partial charge on any atom is -0.493 e. The molecular weight excluding hydrogens is 258 g/mol. The van der Waals surface area contributed by atoms with Crippen LogP contribution in [-0.2, 0) is 6.42 Å². The third-order valence-corrected chi connectivity index (χ3v) is 4.84. The summed E-state index contributed by atoms with van der Waals surface area (Å²) in [6.45, 7) is 5.56. The van der Waals surface area contributed by atoms with Crippen LogP contribution in [-0.4, -0.2) is 47.9 Å². The number of carbonyl (C=O) groups is 1. The quantitative estimate of drug-likeness (QED) is 0.793. The maximum atomic E-state index is 12.3. The molecule has 1 aromatic carbocycles. The lowest BCUT2D eigenvalue weighted by Gasteiger charge is -2.29. The summed E-state index contributed by atoms with van der Waals surface area (Å²) in [7, 11) is 0. The van der Waals surface area contributed by atoms with E-state index < -0.39 is 0 Å². The van der Waals surface area contributed by atoms with E-state index >= 15 is 0 Å². The number of thioether (sulfide) groups is 1. The summed E-state index contributed by atoms with van der Waals surface area (Å²) >= 11 is 1.99. The highest BCUT2D eigenvalue weighted by molar-refractivity contribution is 7.99. The van der Waals surface area contributed by atoms with Crippen molar-refractivity contribution in [1.82, 2.24) is 4.90 Å². The lowest BCUT2D eigenvalue weighted by Crippen LogP contribution is -2.39. The van der Waals surface area contributed by atoms with Crippen LogP contribution in [0.4, 0.5) is 0 Å². The molecule has 0 spiro atoms. The van der Waals surface area contributed by atoms with Gasteiger partial charge in [0, 0.05) is 36.1 Å². The lowest BCUT2D eigenvalue weighted by molar-refractivity contribution is 0.0933. The smallest absolute Gasteiger partial charge is 0.176 e. The van der Waals surface area contributed by atoms with Gasteiger partial charge in [-0.1, -0.05) is 6.92 Å². The fourth-order valence-corrected chi connectivity index (χ4v) is 3.77. The Morgan fingerprint density at radius 2 is 2.42 bits per heavy atom. The van der Waals surface area contributed by atoms with Gasteiger partial charge in [-0.15, -0.1) is 0 Å². The van der Waals surface area contributed by atoms with E-state index in [0.29, 0.717) is 11.8 Å². The molecule has 102 valence electrons. The van der Waals surface area contributed by atoms with E-state index in [4.69, 9.17) is 4.74 Å². The van der Waals surface area contributed by atoms with Gasteiger partial charge in [-0.05, 0) is 23.8 Å². The van der Waals surface area contributed by atoms with Crippen molar-refractivity contribution in [3.05, 3.63) is 29.3 Å². The highest BCUT2D eigenvalue weighted by Crippen LogP contribution is 2.26. The van der Waals surface area contributed by atoms with Crippen LogP contribution in [0.25, 0.3) is 0 Å². The van der Waals surface area contributed by atoms with Crippen molar-refractivity contribution in [3.8, 4) is 5.75 Å². The third-order valence-electron chi connectivity index (χ3n) is 3.70. The van der Waals surface area contributed by atoms with E-state index in [1.54, 1.807) is 0 Å². The molecule has 1 saturated heterocycles. The Labute approximate surface area is 118 Å². The van der Waals surface area contributed by atoms with Crippen LogP contribution in [0.3, 0.4) is 0 Å². The number of nitrogens with zero attached hydrogens (tertiary/aromatic N) is 1. The first-order valence-electron chi connectivity index (χ1n) is 6.85. The van der Waals surface area contributed by atoms with Crippen LogP contribution in [0.15, 0.2) is 18.2 Å². The second kappa shape index (κ2) is 5.55. The summed E-state index contributed by atoms with van der Waals surface area (Å²) in [5.74, 6) is 2.31. The van der Waals surface area contributed by atoms with Crippen LogP contribution in [0.5, 0.6) is 5.75 Å². The molecule has 1 fully saturated rings. The minimum absolute atomic E-state index is 0.230. The lowest BCUT2D eigenvalue weighted by atomic mass is 10.1. The molecule has 1 unspecified atom stereocenters. The van der Waals surface area contributed by atoms with Crippen molar-refractivity contribution in [2.24, 2.45) is 0 Å². The van der Waals surface area contributed by atoms with Crippen molar-refractivity contribution >= 4 is 17.5 Å². The maximum absolute atomic E-state index is 12.3. The zero-order chi connectivity index (χ0) is 13.2. The SMILES string of the molecule is CC1CN(CC(=O)c2ccc3c(c2)CCO3)CCS1. The van der Waals surface area contributed by atoms with Gasteiger partial charge in [-0.2, -0.15) is 11.8 Å². The first-order valence-corrected chi connectivity index (χ1v) is 7.90. The van der Waals surface area contributed by atoms with Gasteiger partial charge in [0.05, 0.1) is 13.2 Å². The van der Waals surface area contributed by atoms with Crippen molar-refractivity contribution in [2.75, 3.05) is 32.0 Å². The Bertz CT molecular complexity index is 489. The Hall–Kier alpha value is -1.000. The molecule has 3 nitrogen and oxygen atoms in total. The number of fused-ring (bicyclic) bond motifs is 1. The molecule has 2 heterocycles. The predicted molar refractivity (Wildman–Crippen MR) is 78.3 cm³/mol. The molecule has 0 amide bonds. The molecule has 0 radical (unpaired) electrons. The summed E-state index contributed by atoms with van der Waals surface area (Å²) in [5.41, 5.74) is 2.00. The van der Waals surface area contributed by atoms with Crippen LogP contribution in [0.1, 0.15) is 22.8 Å². The highest BCUT2D eigenvalue weighted by atomic mass is 32.2. The molecule has 0 aliphatic carbocycles. The number of benzene rings is 1. The van der Waals surface area contributed by atoms with Gasteiger partial charge in [0.15, 0.2) is 5.78 Å². The third kappa shape index (κ3) is 2.95. The Morgan fingerprint density at radius 3 is 3.26 bits per heavy atom. The molecule has 19 heavy (non-hydrogen) atoms. The Morgan fingerprint density at radius 1 is 1.53 bits per heavy atom. The Kier molecular flexibility index (Phi) is 3.80. The molecule has 3 rings (SSSR count). The number of Topliss-reactive ketones (excluding diaryl/α,β-unsaturated/α-hetero) is 1. The molecule has 4 heteroatoms. The van der Waals surface area contributed by atoms with E-state index in [-0.39, 0.29) is 5.78 Å². The fraction of sp³-hybridized carbons (Fsp3) is 0.533. The van der Waals surface area contributed by atoms with Gasteiger partial charge < -0.3 is 4.74 Å². The molecule has 0 bridgehead atoms. The number of ketones is 1. The first-order chi connectivity index (χ1) is 9.22. The molecule has 0 aromatic heterocycles. The van der Waals surface area contributed by atoms with E-state index in [0.717, 1.165) is 43.2 Å². The van der Waals surface area contributed by atoms with Crippen molar-refractivity contribution < 1.29 is 9.53 Å². The minimum atomic E-state index is 0.230. The molecular formula is C15H19NO2S. The molecule has 2 aliphatic heterocycles. The standard InChI is InChI=1S/C15H19NO2S/c1-11-9-16(5-7-19-11)10-14(17)12-2-3-15-13(8-12)4-6-18-15/h2-3,8,11H,4-7,9-10H2,1H3. The van der Waals surface area contributed by atoms with Gasteiger partial charge in [-0.3, -0.25) is 9.69 Å². The normalized spacial score (nSPS) is 22.9. The number of rotatable bonds is 3. The van der Waals surface area contributed by atoms with Crippen LogP contribution >= 0.6 is 11.8 Å². The predicted octanol–water partition coefficient (Wildman–Crippen LogP) is 2.24. The van der Waals surface area contributed by atoms with Crippen LogP contribution in [0, 0.1) is 0 Å². The van der Waals surface area contributed by atoms with Gasteiger partial charge in [0.1, 0.15) is 5.75 Å². The van der Waals surface area contributed by atoms with Crippen LogP contribution < -0.4 is 4.74 Å². The van der Waals surface area contributed by atoms with Crippen molar-refractivity contribution in [1.29, 1.82) is 0 Å². The number of ether oxygens (including phenoxy) is 1. The average Bonchev–Trinajstić information content (AvgIpc) is 2.85. The van der Waals surface area contributed by atoms with Crippen LogP contribution in [0.2, 0.25) is 0 Å². The summed E-state index contributed by atoms with van der Waals surface area (Å²) in [6.07, 6.45) is 0.924. The van der Waals surface area contributed by atoms with E-state index in [9.17, 15) is 4.79 Å². The van der Waals surface area contributed by atoms with E-state index in [1.807, 2.05) is 30.0 Å². The Balaban J connectivity index is 1.67. The monoisotopic (exact) mass is 277 g/mol. The second-order valence-corrected chi connectivity index (χ2v) is 6.81. The molecule has 1 aromatic rings. The summed E-state index contributed by atoms with van der Waals surface area (Å²) in [5, 5.41) is 0.634. The van der Waals surface area contributed by atoms with Gasteiger partial charge in [-0.25, -0.2) is 0 Å². The second-order valence-electron chi connectivity index (χ2n) is 5.26. The topological polar surface area (TPSA) is 29.5 Å². The molecule has 0 saturated carbocycles. The first kappa shape index (κ1) is 13.0. The largest absolute Gasteiger partial charge is 0.493 e. The average molecular weight is 277 g/mol.